The smallest absolute Gasteiger partial charge is 0.255 e. The van der Waals surface area contributed by atoms with Crippen LogP contribution in [0.15, 0.2) is 61.2 Å². The van der Waals surface area contributed by atoms with Crippen molar-refractivity contribution in [1.82, 2.24) is 9.97 Å². The van der Waals surface area contributed by atoms with E-state index in [0.717, 1.165) is 16.9 Å². The Morgan fingerprint density at radius 1 is 1.08 bits per heavy atom. The van der Waals surface area contributed by atoms with Gasteiger partial charge in [-0.1, -0.05) is 29.3 Å². The van der Waals surface area contributed by atoms with E-state index in [2.05, 4.69) is 15.3 Å². The molecule has 126 valence electrons. The number of halogens is 1. The van der Waals surface area contributed by atoms with Gasteiger partial charge in [-0.3, -0.25) is 4.79 Å². The summed E-state index contributed by atoms with van der Waals surface area (Å²) in [6.07, 6.45) is 4.89. The molecule has 3 aromatic rings. The Labute approximate surface area is 151 Å². The predicted molar refractivity (Wildman–Crippen MR) is 101 cm³/mol. The molecule has 5 nitrogen and oxygen atoms in total. The van der Waals surface area contributed by atoms with Crippen molar-refractivity contribution in [2.45, 2.75) is 6.92 Å². The van der Waals surface area contributed by atoms with Crippen molar-refractivity contribution in [2.24, 2.45) is 0 Å². The van der Waals surface area contributed by atoms with Crippen molar-refractivity contribution >= 4 is 34.6 Å². The number of aryl methyl sites for hydroxylation is 1. The van der Waals surface area contributed by atoms with Crippen LogP contribution in [0.25, 0.3) is 0 Å². The highest BCUT2D eigenvalue weighted by Crippen LogP contribution is 2.29. The predicted octanol–water partition coefficient (Wildman–Crippen LogP) is 4.46. The zero-order valence-electron chi connectivity index (χ0n) is 13.9. The lowest BCUT2D eigenvalue weighted by molar-refractivity contribution is 0.102. The van der Waals surface area contributed by atoms with Gasteiger partial charge in [0.25, 0.3) is 5.91 Å². The van der Waals surface area contributed by atoms with Crippen LogP contribution >= 0.6 is 11.6 Å². The van der Waals surface area contributed by atoms with Crippen LogP contribution in [0.4, 0.5) is 17.1 Å². The van der Waals surface area contributed by atoms with Crippen LogP contribution in [-0.2, 0) is 0 Å². The molecule has 0 aliphatic carbocycles. The highest BCUT2D eigenvalue weighted by molar-refractivity contribution is 6.31. The topological polar surface area (TPSA) is 58.1 Å². The fourth-order valence-corrected chi connectivity index (χ4v) is 2.67. The molecule has 0 atom stereocenters. The number of hydrogen-bond acceptors (Lipinski definition) is 4. The van der Waals surface area contributed by atoms with Gasteiger partial charge in [0.05, 0.1) is 18.1 Å². The van der Waals surface area contributed by atoms with Crippen molar-refractivity contribution in [1.29, 1.82) is 0 Å². The first kappa shape index (κ1) is 16.9. The molecular formula is C19H17ClN4O. The molecule has 0 spiro atoms. The second kappa shape index (κ2) is 7.32. The van der Waals surface area contributed by atoms with Crippen LogP contribution in [0.5, 0.6) is 0 Å². The third-order valence-corrected chi connectivity index (χ3v) is 3.96. The minimum absolute atomic E-state index is 0.178. The van der Waals surface area contributed by atoms with Crippen LogP contribution < -0.4 is 10.2 Å². The van der Waals surface area contributed by atoms with Crippen LogP contribution in [0.3, 0.4) is 0 Å². The molecule has 0 fully saturated rings. The van der Waals surface area contributed by atoms with E-state index >= 15 is 0 Å². The first-order valence-corrected chi connectivity index (χ1v) is 8.08. The van der Waals surface area contributed by atoms with Crippen molar-refractivity contribution in [2.75, 3.05) is 17.3 Å². The number of anilines is 3. The van der Waals surface area contributed by atoms with Crippen molar-refractivity contribution < 1.29 is 4.79 Å². The summed E-state index contributed by atoms with van der Waals surface area (Å²) in [6.45, 7) is 1.95. The maximum Gasteiger partial charge on any atom is 0.255 e. The van der Waals surface area contributed by atoms with Gasteiger partial charge >= 0.3 is 0 Å². The second-order valence-electron chi connectivity index (χ2n) is 5.68. The van der Waals surface area contributed by atoms with Gasteiger partial charge in [-0.05, 0) is 37.3 Å². The Morgan fingerprint density at radius 3 is 2.56 bits per heavy atom. The summed E-state index contributed by atoms with van der Waals surface area (Å²) in [7, 11) is 1.89. The van der Waals surface area contributed by atoms with E-state index in [0.29, 0.717) is 16.3 Å². The van der Waals surface area contributed by atoms with Crippen LogP contribution in [0, 0.1) is 6.92 Å². The first-order chi connectivity index (χ1) is 12.0. The summed E-state index contributed by atoms with van der Waals surface area (Å²) in [6, 6.07) is 12.8. The van der Waals surface area contributed by atoms with Crippen LogP contribution in [-0.4, -0.2) is 22.9 Å². The van der Waals surface area contributed by atoms with Gasteiger partial charge in [-0.15, -0.1) is 0 Å². The van der Waals surface area contributed by atoms with Gasteiger partial charge in [0.1, 0.15) is 6.33 Å². The van der Waals surface area contributed by atoms with Crippen LogP contribution in [0.2, 0.25) is 5.02 Å². The number of aromatic nitrogens is 2. The summed E-state index contributed by atoms with van der Waals surface area (Å²) < 4.78 is 0. The average Bonchev–Trinajstić information content (AvgIpc) is 2.61. The van der Waals surface area contributed by atoms with E-state index in [9.17, 15) is 4.79 Å². The molecule has 0 unspecified atom stereocenters. The number of benzene rings is 2. The van der Waals surface area contributed by atoms with E-state index in [1.165, 1.54) is 6.33 Å². The van der Waals surface area contributed by atoms with Crippen molar-refractivity contribution in [3.63, 3.8) is 0 Å². The summed E-state index contributed by atoms with van der Waals surface area (Å²) in [5, 5.41) is 3.42. The zero-order valence-corrected chi connectivity index (χ0v) is 14.7. The number of nitrogens with one attached hydrogen (secondary N) is 1. The van der Waals surface area contributed by atoms with Gasteiger partial charge in [0.2, 0.25) is 0 Å². The molecule has 0 saturated heterocycles. The van der Waals surface area contributed by atoms with Gasteiger partial charge < -0.3 is 10.2 Å². The SMILES string of the molecule is Cc1cccc(C(=O)Nc2cc(Cl)cc(N(C)c3cncnc3)c2)c1. The minimum atomic E-state index is -0.178. The maximum atomic E-state index is 12.4. The van der Waals surface area contributed by atoms with E-state index in [1.807, 2.05) is 49.2 Å². The normalized spacial score (nSPS) is 10.4. The Bertz CT molecular complexity index is 899. The molecule has 1 amide bonds. The fourth-order valence-electron chi connectivity index (χ4n) is 2.44. The number of amides is 1. The largest absolute Gasteiger partial charge is 0.342 e. The van der Waals surface area contributed by atoms with Crippen molar-refractivity contribution in [3.8, 4) is 0 Å². The lowest BCUT2D eigenvalue weighted by Crippen LogP contribution is -2.14. The summed E-state index contributed by atoms with van der Waals surface area (Å²) in [5.41, 5.74) is 3.90. The van der Waals surface area contributed by atoms with E-state index < -0.39 is 0 Å². The fraction of sp³-hybridized carbons (Fsp3) is 0.105. The molecule has 1 aromatic heterocycles. The Hall–Kier alpha value is -2.92. The van der Waals surface area contributed by atoms with Gasteiger partial charge in [0, 0.05) is 29.0 Å². The lowest BCUT2D eigenvalue weighted by Gasteiger charge is -2.20. The maximum absolute atomic E-state index is 12.4. The number of nitrogens with zero attached hydrogens (tertiary/aromatic N) is 3. The monoisotopic (exact) mass is 352 g/mol. The minimum Gasteiger partial charge on any atom is -0.342 e. The number of carbonyl (C=O) groups excluding carboxylic acids is 1. The lowest BCUT2D eigenvalue weighted by atomic mass is 10.1. The standard InChI is InChI=1S/C19H17ClN4O/c1-13-4-3-5-14(6-13)19(25)23-16-7-15(20)8-17(9-16)24(2)18-10-21-12-22-11-18/h3-12H,1-2H3,(H,23,25). The molecule has 6 heteroatoms. The average molecular weight is 353 g/mol. The molecule has 3 rings (SSSR count). The molecular weight excluding hydrogens is 336 g/mol. The molecule has 0 aliphatic heterocycles. The highest BCUT2D eigenvalue weighted by Gasteiger charge is 2.10. The number of rotatable bonds is 4. The van der Waals surface area contributed by atoms with E-state index in [4.69, 9.17) is 11.6 Å². The van der Waals surface area contributed by atoms with Gasteiger partial charge in [0.15, 0.2) is 0 Å². The molecule has 25 heavy (non-hydrogen) atoms. The molecule has 0 saturated carbocycles. The molecule has 0 bridgehead atoms. The number of hydrogen-bond donors (Lipinski definition) is 1. The molecule has 0 radical (unpaired) electrons. The molecule has 1 heterocycles. The van der Waals surface area contributed by atoms with Gasteiger partial charge in [-0.25, -0.2) is 9.97 Å². The van der Waals surface area contributed by atoms with Crippen LogP contribution in [0.1, 0.15) is 15.9 Å². The Balaban J connectivity index is 1.85. The zero-order chi connectivity index (χ0) is 17.8. The third kappa shape index (κ3) is 4.14. The molecule has 2 aromatic carbocycles. The summed E-state index contributed by atoms with van der Waals surface area (Å²) in [5.74, 6) is -0.178. The third-order valence-electron chi connectivity index (χ3n) is 3.74. The van der Waals surface area contributed by atoms with E-state index in [-0.39, 0.29) is 5.91 Å². The highest BCUT2D eigenvalue weighted by atomic mass is 35.5. The van der Waals surface area contributed by atoms with Crippen molar-refractivity contribution in [3.05, 3.63) is 77.3 Å². The summed E-state index contributed by atoms with van der Waals surface area (Å²) in [4.78, 5) is 22.4. The molecule has 0 aliphatic rings. The number of carbonyl (C=O) groups is 1. The molecule has 1 N–H and O–H groups in total. The Morgan fingerprint density at radius 2 is 1.84 bits per heavy atom. The quantitative estimate of drug-likeness (QED) is 0.753. The first-order valence-electron chi connectivity index (χ1n) is 7.70. The Kier molecular flexibility index (Phi) is 4.95. The van der Waals surface area contributed by atoms with Gasteiger partial charge in [-0.2, -0.15) is 0 Å². The summed E-state index contributed by atoms with van der Waals surface area (Å²) >= 11 is 6.23. The van der Waals surface area contributed by atoms with E-state index in [1.54, 1.807) is 24.5 Å². The second-order valence-corrected chi connectivity index (χ2v) is 6.11.